The maximum atomic E-state index is 13.5. The highest BCUT2D eigenvalue weighted by Gasteiger charge is 2.15. The molecule has 0 atom stereocenters. The standard InChI is InChI=1S/C19H13F2N/c20-17-9-14-10-19-15(16(14)11-18(17)21)7-4-8-22(19)12-13-5-2-1-3-6-13/h1-11H,12H2. The lowest BCUT2D eigenvalue weighted by Crippen LogP contribution is -2.02. The van der Waals surface area contributed by atoms with Gasteiger partial charge >= 0.3 is 0 Å². The van der Waals surface area contributed by atoms with Crippen LogP contribution < -0.4 is 0 Å². The Bertz CT molecular complexity index is 925. The van der Waals surface area contributed by atoms with E-state index >= 15 is 0 Å². The summed E-state index contributed by atoms with van der Waals surface area (Å²) in [4.78, 5) is 0. The monoisotopic (exact) mass is 293 g/mol. The molecule has 0 radical (unpaired) electrons. The smallest absolute Gasteiger partial charge is 0.159 e. The molecule has 2 aromatic rings. The zero-order valence-corrected chi connectivity index (χ0v) is 11.8. The minimum Gasteiger partial charge on any atom is -0.343 e. The van der Waals surface area contributed by atoms with Crippen molar-refractivity contribution in [1.29, 1.82) is 0 Å². The molecule has 0 saturated heterocycles. The van der Waals surface area contributed by atoms with E-state index in [1.54, 1.807) is 0 Å². The van der Waals surface area contributed by atoms with Crippen LogP contribution >= 0.6 is 0 Å². The van der Waals surface area contributed by atoms with Gasteiger partial charge in [-0.3, -0.25) is 0 Å². The van der Waals surface area contributed by atoms with Gasteiger partial charge in [0.05, 0.1) is 0 Å². The number of nitrogens with zero attached hydrogens (tertiary/aromatic N) is 1. The molecule has 2 aromatic carbocycles. The molecular formula is C19H13F2N. The Labute approximate surface area is 126 Å². The Morgan fingerprint density at radius 1 is 0.818 bits per heavy atom. The van der Waals surface area contributed by atoms with Crippen molar-refractivity contribution in [3.63, 3.8) is 0 Å². The highest BCUT2D eigenvalue weighted by molar-refractivity contribution is 6.01. The summed E-state index contributed by atoms with van der Waals surface area (Å²) in [7, 11) is 0. The summed E-state index contributed by atoms with van der Waals surface area (Å²) in [5, 5.41) is 1.47. The minimum atomic E-state index is -0.808. The van der Waals surface area contributed by atoms with Gasteiger partial charge in [-0.1, -0.05) is 36.4 Å². The van der Waals surface area contributed by atoms with Crippen LogP contribution in [0.3, 0.4) is 0 Å². The van der Waals surface area contributed by atoms with Gasteiger partial charge in [-0.2, -0.15) is 0 Å². The summed E-state index contributed by atoms with van der Waals surface area (Å²) in [6, 6.07) is 18.4. The predicted molar refractivity (Wildman–Crippen MR) is 84.0 cm³/mol. The average molecular weight is 293 g/mol. The first kappa shape index (κ1) is 13.0. The van der Waals surface area contributed by atoms with Crippen LogP contribution in [-0.4, -0.2) is 4.57 Å². The molecule has 1 heterocycles. The molecule has 1 nitrogen and oxygen atoms in total. The van der Waals surface area contributed by atoms with Gasteiger partial charge in [-0.25, -0.2) is 8.78 Å². The predicted octanol–water partition coefficient (Wildman–Crippen LogP) is 5.07. The van der Waals surface area contributed by atoms with Crippen LogP contribution in [0, 0.1) is 11.6 Å². The van der Waals surface area contributed by atoms with Crippen molar-refractivity contribution >= 4 is 10.8 Å². The van der Waals surface area contributed by atoms with Crippen LogP contribution in [0.2, 0.25) is 0 Å². The molecule has 2 aliphatic rings. The van der Waals surface area contributed by atoms with Gasteiger partial charge in [0.2, 0.25) is 0 Å². The van der Waals surface area contributed by atoms with E-state index in [1.165, 1.54) is 17.7 Å². The van der Waals surface area contributed by atoms with Crippen molar-refractivity contribution in [2.45, 2.75) is 6.54 Å². The van der Waals surface area contributed by atoms with Crippen LogP contribution in [0.4, 0.5) is 8.78 Å². The van der Waals surface area contributed by atoms with Crippen molar-refractivity contribution in [2.75, 3.05) is 0 Å². The first-order valence-corrected chi connectivity index (χ1v) is 7.13. The van der Waals surface area contributed by atoms with Crippen molar-refractivity contribution in [2.24, 2.45) is 0 Å². The topological polar surface area (TPSA) is 4.93 Å². The number of aromatic nitrogens is 1. The summed E-state index contributed by atoms with van der Waals surface area (Å²) < 4.78 is 29.1. The lowest BCUT2D eigenvalue weighted by atomic mass is 10.1. The fourth-order valence-corrected chi connectivity index (χ4v) is 2.93. The molecular weight excluding hydrogens is 280 g/mol. The van der Waals surface area contributed by atoms with Crippen molar-refractivity contribution in [3.8, 4) is 11.3 Å². The van der Waals surface area contributed by atoms with E-state index in [0.717, 1.165) is 28.6 Å². The highest BCUT2D eigenvalue weighted by Crippen LogP contribution is 2.35. The van der Waals surface area contributed by atoms with Crippen LogP contribution in [0.1, 0.15) is 5.56 Å². The third-order valence-electron chi connectivity index (χ3n) is 3.98. The van der Waals surface area contributed by atoms with Gasteiger partial charge in [-0.15, -0.1) is 0 Å². The van der Waals surface area contributed by atoms with E-state index in [4.69, 9.17) is 0 Å². The molecule has 0 spiro atoms. The second kappa shape index (κ2) is 4.95. The molecule has 0 amide bonds. The van der Waals surface area contributed by atoms with Crippen LogP contribution in [0.5, 0.6) is 0 Å². The Kier molecular flexibility index (Phi) is 2.93. The van der Waals surface area contributed by atoms with E-state index in [0.29, 0.717) is 0 Å². The zero-order chi connectivity index (χ0) is 15.1. The molecule has 0 bridgehead atoms. The van der Waals surface area contributed by atoms with Gasteiger partial charge < -0.3 is 4.57 Å². The Balaban J connectivity index is 1.88. The quantitative estimate of drug-likeness (QED) is 0.486. The first-order valence-electron chi connectivity index (χ1n) is 7.13. The number of hydrogen-bond donors (Lipinski definition) is 0. The van der Waals surface area contributed by atoms with Gasteiger partial charge in [0.1, 0.15) is 0 Å². The van der Waals surface area contributed by atoms with Crippen LogP contribution in [-0.2, 0) is 6.54 Å². The normalized spacial score (nSPS) is 11.4. The molecule has 4 rings (SSSR count). The lowest BCUT2D eigenvalue weighted by Gasteiger charge is -2.12. The molecule has 0 unspecified atom stereocenters. The lowest BCUT2D eigenvalue weighted by molar-refractivity contribution is 0.511. The second-order valence-electron chi connectivity index (χ2n) is 5.42. The van der Waals surface area contributed by atoms with Crippen LogP contribution in [0.25, 0.3) is 22.0 Å². The molecule has 1 aliphatic heterocycles. The summed E-state index contributed by atoms with van der Waals surface area (Å²) >= 11 is 0. The van der Waals surface area contributed by atoms with E-state index in [9.17, 15) is 8.78 Å². The number of halogens is 2. The fraction of sp³-hybridized carbons (Fsp3) is 0.0526. The number of hydrogen-bond acceptors (Lipinski definition) is 0. The SMILES string of the molecule is Fc1cc2cc3n(Cc4ccccc4)cccc-3c2cc1F. The number of benzene rings is 2. The maximum Gasteiger partial charge on any atom is 0.159 e. The first-order chi connectivity index (χ1) is 10.7. The highest BCUT2D eigenvalue weighted by atomic mass is 19.2. The molecule has 0 saturated carbocycles. The van der Waals surface area contributed by atoms with Crippen molar-refractivity contribution in [3.05, 3.63) is 84.1 Å². The largest absolute Gasteiger partial charge is 0.343 e. The van der Waals surface area contributed by atoms with E-state index in [-0.39, 0.29) is 0 Å². The zero-order valence-electron chi connectivity index (χ0n) is 11.8. The molecule has 22 heavy (non-hydrogen) atoms. The van der Waals surface area contributed by atoms with Gasteiger partial charge in [-0.05, 0) is 40.6 Å². The fourth-order valence-electron chi connectivity index (χ4n) is 2.93. The molecule has 1 aliphatic carbocycles. The second-order valence-corrected chi connectivity index (χ2v) is 5.42. The molecule has 0 N–H and O–H groups in total. The van der Waals surface area contributed by atoms with Gasteiger partial charge in [0, 0.05) is 24.0 Å². The number of pyridine rings is 1. The van der Waals surface area contributed by atoms with Gasteiger partial charge in [0.15, 0.2) is 11.6 Å². The Hall–Kier alpha value is -2.68. The molecule has 0 aromatic heterocycles. The Morgan fingerprint density at radius 2 is 1.59 bits per heavy atom. The minimum absolute atomic E-state index is 0.722. The third-order valence-corrected chi connectivity index (χ3v) is 3.98. The molecule has 108 valence electrons. The Morgan fingerprint density at radius 3 is 2.41 bits per heavy atom. The van der Waals surface area contributed by atoms with Crippen molar-refractivity contribution in [1.82, 2.24) is 4.57 Å². The van der Waals surface area contributed by atoms with Crippen LogP contribution in [0.15, 0.2) is 66.9 Å². The molecule has 0 fully saturated rings. The average Bonchev–Trinajstić information content (AvgIpc) is 2.88. The number of rotatable bonds is 2. The van der Waals surface area contributed by atoms with Gasteiger partial charge in [0.25, 0.3) is 0 Å². The summed E-state index contributed by atoms with van der Waals surface area (Å²) in [5.41, 5.74) is 3.10. The maximum absolute atomic E-state index is 13.5. The van der Waals surface area contributed by atoms with E-state index < -0.39 is 11.6 Å². The van der Waals surface area contributed by atoms with Crippen molar-refractivity contribution < 1.29 is 8.78 Å². The van der Waals surface area contributed by atoms with E-state index in [2.05, 4.69) is 16.7 Å². The van der Waals surface area contributed by atoms with E-state index in [1.807, 2.05) is 42.6 Å². The summed E-state index contributed by atoms with van der Waals surface area (Å²) in [5.74, 6) is -1.61. The number of fused-ring (bicyclic) bond motifs is 3. The summed E-state index contributed by atoms with van der Waals surface area (Å²) in [6.07, 6.45) is 1.99. The molecule has 3 heteroatoms. The third kappa shape index (κ3) is 2.06. The summed E-state index contributed by atoms with van der Waals surface area (Å²) in [6.45, 7) is 0.722.